The molecule has 128 valence electrons. The molecule has 0 aliphatic rings. The first kappa shape index (κ1) is 18.8. The highest BCUT2D eigenvalue weighted by Gasteiger charge is 2.16. The molecule has 0 heterocycles. The van der Waals surface area contributed by atoms with Gasteiger partial charge in [-0.1, -0.05) is 68.9 Å². The fraction of sp³-hybridized carbons (Fsp3) is 0.375. The lowest BCUT2D eigenvalue weighted by Gasteiger charge is -2.15. The van der Waals surface area contributed by atoms with E-state index in [4.69, 9.17) is 0 Å². The van der Waals surface area contributed by atoms with Crippen LogP contribution in [0.5, 0.6) is 0 Å². The van der Waals surface area contributed by atoms with Gasteiger partial charge in [0.2, 0.25) is 0 Å². The molecule has 2 aromatic carbocycles. The topological polar surface area (TPSA) is 23.8 Å². The molecular formula is C24H27N. The van der Waals surface area contributed by atoms with E-state index in [0.717, 1.165) is 66.3 Å². The fourth-order valence-electron chi connectivity index (χ4n) is 3.05. The molecule has 0 saturated heterocycles. The van der Waals surface area contributed by atoms with Crippen molar-refractivity contribution in [3.8, 4) is 29.0 Å². The molecule has 1 nitrogen and oxygen atoms in total. The summed E-state index contributed by atoms with van der Waals surface area (Å²) in [5.74, 6) is 6.77. The Morgan fingerprint density at radius 3 is 2.32 bits per heavy atom. The smallest absolute Gasteiger partial charge is 0.0997 e. The third-order valence-corrected chi connectivity index (χ3v) is 4.47. The van der Waals surface area contributed by atoms with E-state index in [-0.39, 0.29) is 0 Å². The summed E-state index contributed by atoms with van der Waals surface area (Å²) in [6.07, 6.45) is 6.29. The first-order valence-corrected chi connectivity index (χ1v) is 9.33. The Hall–Kier alpha value is -2.51. The summed E-state index contributed by atoms with van der Waals surface area (Å²) in [7, 11) is 0. The van der Waals surface area contributed by atoms with Crippen molar-refractivity contribution in [2.75, 3.05) is 0 Å². The molecule has 0 atom stereocenters. The monoisotopic (exact) mass is 329 g/mol. The molecule has 0 aliphatic carbocycles. The molecular weight excluding hydrogens is 302 g/mol. The molecule has 0 spiro atoms. The van der Waals surface area contributed by atoms with E-state index in [1.165, 1.54) is 5.56 Å². The number of hydrogen-bond donors (Lipinski definition) is 0. The molecule has 0 aliphatic heterocycles. The number of aryl methyl sites for hydroxylation is 1. The van der Waals surface area contributed by atoms with Gasteiger partial charge in [-0.2, -0.15) is 5.26 Å². The van der Waals surface area contributed by atoms with Gasteiger partial charge in [0.1, 0.15) is 0 Å². The first-order valence-electron chi connectivity index (χ1n) is 9.33. The van der Waals surface area contributed by atoms with Crippen molar-refractivity contribution in [1.82, 2.24) is 0 Å². The second-order valence-electron chi connectivity index (χ2n) is 6.46. The van der Waals surface area contributed by atoms with Crippen molar-refractivity contribution in [2.45, 2.75) is 59.3 Å². The quantitative estimate of drug-likeness (QED) is 0.443. The zero-order valence-corrected chi connectivity index (χ0v) is 15.7. The predicted molar refractivity (Wildman–Crippen MR) is 106 cm³/mol. The molecule has 0 N–H and O–H groups in total. The van der Waals surface area contributed by atoms with Crippen LogP contribution in [0.2, 0.25) is 0 Å². The largest absolute Gasteiger partial charge is 0.192 e. The van der Waals surface area contributed by atoms with Crippen LogP contribution in [0.1, 0.15) is 68.2 Å². The van der Waals surface area contributed by atoms with Crippen molar-refractivity contribution < 1.29 is 0 Å². The van der Waals surface area contributed by atoms with E-state index in [1.54, 1.807) is 0 Å². The number of nitrogens with zero attached hydrogens (tertiary/aromatic N) is 1. The number of benzene rings is 2. The second-order valence-corrected chi connectivity index (χ2v) is 6.46. The van der Waals surface area contributed by atoms with Crippen molar-refractivity contribution in [2.24, 2.45) is 0 Å². The maximum atomic E-state index is 9.70. The molecule has 2 rings (SSSR count). The van der Waals surface area contributed by atoms with E-state index < -0.39 is 0 Å². The molecule has 0 radical (unpaired) electrons. The third-order valence-electron chi connectivity index (χ3n) is 4.47. The number of hydrogen-bond acceptors (Lipinski definition) is 1. The van der Waals surface area contributed by atoms with Crippen LogP contribution < -0.4 is 0 Å². The molecule has 2 aromatic rings. The van der Waals surface area contributed by atoms with Crippen LogP contribution in [0.3, 0.4) is 0 Å². The van der Waals surface area contributed by atoms with Crippen LogP contribution in [-0.2, 0) is 6.42 Å². The highest BCUT2D eigenvalue weighted by atomic mass is 14.3. The Labute approximate surface area is 152 Å². The maximum Gasteiger partial charge on any atom is 0.0997 e. The Morgan fingerprint density at radius 1 is 0.960 bits per heavy atom. The maximum absolute atomic E-state index is 9.70. The summed E-state index contributed by atoms with van der Waals surface area (Å²) < 4.78 is 0. The summed E-state index contributed by atoms with van der Waals surface area (Å²) in [6.45, 7) is 6.41. The molecule has 0 amide bonds. The Bertz CT molecular complexity index is 798. The Morgan fingerprint density at radius 2 is 1.68 bits per heavy atom. The minimum absolute atomic E-state index is 0.813. The highest BCUT2D eigenvalue weighted by molar-refractivity contribution is 5.76. The van der Waals surface area contributed by atoms with Crippen LogP contribution in [0.15, 0.2) is 36.4 Å². The van der Waals surface area contributed by atoms with Crippen LogP contribution in [0, 0.1) is 30.1 Å². The van der Waals surface area contributed by atoms with Crippen LogP contribution in [0.4, 0.5) is 0 Å². The van der Waals surface area contributed by atoms with Crippen molar-refractivity contribution in [1.29, 1.82) is 5.26 Å². The number of rotatable bonds is 6. The molecule has 1 heteroatoms. The van der Waals surface area contributed by atoms with Crippen LogP contribution in [0.25, 0.3) is 11.1 Å². The number of unbranched alkanes of at least 4 members (excludes halogenated alkanes) is 3. The summed E-state index contributed by atoms with van der Waals surface area (Å²) in [5.41, 5.74) is 6.38. The average Bonchev–Trinajstić information content (AvgIpc) is 2.64. The lowest BCUT2D eigenvalue weighted by Crippen LogP contribution is -2.01. The van der Waals surface area contributed by atoms with Crippen molar-refractivity contribution in [3.05, 3.63) is 58.7 Å². The van der Waals surface area contributed by atoms with Gasteiger partial charge >= 0.3 is 0 Å². The molecule has 0 unspecified atom stereocenters. The Balaban J connectivity index is 2.66. The summed E-state index contributed by atoms with van der Waals surface area (Å²) in [5, 5.41) is 9.70. The molecule has 0 saturated carbocycles. The minimum atomic E-state index is 0.813. The van der Waals surface area contributed by atoms with Gasteiger partial charge < -0.3 is 0 Å². The normalized spacial score (nSPS) is 10.0. The highest BCUT2D eigenvalue weighted by Crippen LogP contribution is 2.31. The van der Waals surface area contributed by atoms with Crippen molar-refractivity contribution >= 4 is 0 Å². The predicted octanol–water partition coefficient (Wildman–Crippen LogP) is 6.42. The SMILES string of the molecule is CCCCC#Cc1c(-c2ccccc2)cc(C)c(C#N)c1CCCC. The van der Waals surface area contributed by atoms with Gasteiger partial charge in [-0.3, -0.25) is 0 Å². The zero-order chi connectivity index (χ0) is 18.1. The summed E-state index contributed by atoms with van der Waals surface area (Å²) >= 11 is 0. The number of nitriles is 1. The van der Waals surface area contributed by atoms with Gasteiger partial charge in [-0.05, 0) is 54.5 Å². The van der Waals surface area contributed by atoms with Crippen molar-refractivity contribution in [3.63, 3.8) is 0 Å². The van der Waals surface area contributed by atoms with Crippen LogP contribution in [-0.4, -0.2) is 0 Å². The minimum Gasteiger partial charge on any atom is -0.192 e. The van der Waals surface area contributed by atoms with Gasteiger partial charge in [0, 0.05) is 12.0 Å². The van der Waals surface area contributed by atoms with Gasteiger partial charge in [-0.15, -0.1) is 0 Å². The molecule has 0 fully saturated rings. The fourth-order valence-corrected chi connectivity index (χ4v) is 3.05. The van der Waals surface area contributed by atoms with E-state index >= 15 is 0 Å². The van der Waals surface area contributed by atoms with Gasteiger partial charge in [0.25, 0.3) is 0 Å². The van der Waals surface area contributed by atoms with E-state index in [1.807, 2.05) is 13.0 Å². The van der Waals surface area contributed by atoms with Crippen LogP contribution >= 0.6 is 0 Å². The molecule has 0 aromatic heterocycles. The first-order chi connectivity index (χ1) is 12.2. The third kappa shape index (κ3) is 4.74. The van der Waals surface area contributed by atoms with Gasteiger partial charge in [-0.25, -0.2) is 0 Å². The summed E-state index contributed by atoms with van der Waals surface area (Å²) in [6, 6.07) is 15.0. The van der Waals surface area contributed by atoms with E-state index in [0.29, 0.717) is 0 Å². The van der Waals surface area contributed by atoms with Gasteiger partial charge in [0.15, 0.2) is 0 Å². The lowest BCUT2D eigenvalue weighted by atomic mass is 9.87. The lowest BCUT2D eigenvalue weighted by molar-refractivity contribution is 0.791. The van der Waals surface area contributed by atoms with E-state index in [2.05, 4.69) is 62.1 Å². The zero-order valence-electron chi connectivity index (χ0n) is 15.7. The van der Waals surface area contributed by atoms with Gasteiger partial charge in [0.05, 0.1) is 11.6 Å². The molecule has 25 heavy (non-hydrogen) atoms. The molecule has 0 bridgehead atoms. The second kappa shape index (κ2) is 9.71. The standard InChI is InChI=1S/C24H27N/c1-4-6-8-12-16-21-22(15-7-5-2)24(18-25)19(3)17-23(21)20-13-10-9-11-14-20/h9-11,13-14,17H,4-8,15H2,1-3H3. The Kier molecular flexibility index (Phi) is 7.31. The van der Waals surface area contributed by atoms with E-state index in [9.17, 15) is 5.26 Å². The summed E-state index contributed by atoms with van der Waals surface area (Å²) in [4.78, 5) is 0. The average molecular weight is 329 g/mol.